The van der Waals surface area contributed by atoms with Gasteiger partial charge in [0.05, 0.1) is 4.88 Å². The number of carboxylic acids is 1. The van der Waals surface area contributed by atoms with Crippen molar-refractivity contribution in [2.45, 2.75) is 26.0 Å². The van der Waals surface area contributed by atoms with Gasteiger partial charge in [-0.1, -0.05) is 12.1 Å². The SMILES string of the molecule is CC(C)(NC(=O)c1cc2c(s1)-c1ccccc1OC2)C(=O)O. The van der Waals surface area contributed by atoms with E-state index in [4.69, 9.17) is 9.84 Å². The van der Waals surface area contributed by atoms with E-state index in [1.165, 1.54) is 25.2 Å². The van der Waals surface area contributed by atoms with Crippen molar-refractivity contribution in [1.82, 2.24) is 5.32 Å². The van der Waals surface area contributed by atoms with E-state index in [1.54, 1.807) is 6.07 Å². The summed E-state index contributed by atoms with van der Waals surface area (Å²) in [5.41, 5.74) is 0.600. The molecule has 0 fully saturated rings. The fourth-order valence-corrected chi connectivity index (χ4v) is 3.30. The van der Waals surface area contributed by atoms with Crippen LogP contribution < -0.4 is 10.1 Å². The number of aliphatic carboxylic acids is 1. The van der Waals surface area contributed by atoms with Gasteiger partial charge in [-0.05, 0) is 32.0 Å². The number of benzene rings is 1. The highest BCUT2D eigenvalue weighted by Gasteiger charge is 2.31. The molecule has 2 aromatic rings. The number of nitrogens with one attached hydrogen (secondary N) is 1. The van der Waals surface area contributed by atoms with E-state index >= 15 is 0 Å². The number of hydrogen-bond acceptors (Lipinski definition) is 4. The van der Waals surface area contributed by atoms with Gasteiger partial charge in [0, 0.05) is 16.0 Å². The molecule has 0 bridgehead atoms. The number of rotatable bonds is 3. The molecule has 0 saturated heterocycles. The van der Waals surface area contributed by atoms with E-state index in [1.807, 2.05) is 24.3 Å². The van der Waals surface area contributed by atoms with Crippen LogP contribution in [0.5, 0.6) is 5.75 Å². The number of fused-ring (bicyclic) bond motifs is 3. The highest BCUT2D eigenvalue weighted by atomic mass is 32.1. The summed E-state index contributed by atoms with van der Waals surface area (Å²) in [5.74, 6) is -0.658. The fourth-order valence-electron chi connectivity index (χ4n) is 2.21. The normalized spacial score (nSPS) is 12.8. The first-order valence-electron chi connectivity index (χ1n) is 6.79. The summed E-state index contributed by atoms with van der Waals surface area (Å²) in [5, 5.41) is 11.6. The van der Waals surface area contributed by atoms with Crippen LogP contribution in [0.25, 0.3) is 10.4 Å². The van der Waals surface area contributed by atoms with Crippen molar-refractivity contribution in [2.75, 3.05) is 0 Å². The van der Waals surface area contributed by atoms with Crippen molar-refractivity contribution in [3.63, 3.8) is 0 Å². The summed E-state index contributed by atoms with van der Waals surface area (Å²) in [6.07, 6.45) is 0. The second-order valence-electron chi connectivity index (χ2n) is 5.63. The molecule has 2 heterocycles. The lowest BCUT2D eigenvalue weighted by Gasteiger charge is -2.20. The van der Waals surface area contributed by atoms with Gasteiger partial charge in [-0.3, -0.25) is 4.79 Å². The van der Waals surface area contributed by atoms with Crippen molar-refractivity contribution < 1.29 is 19.4 Å². The number of thiophene rings is 1. The number of carboxylic acid groups (broad SMARTS) is 1. The molecule has 3 rings (SSSR count). The quantitative estimate of drug-likeness (QED) is 0.912. The van der Waals surface area contributed by atoms with Crippen LogP contribution >= 0.6 is 11.3 Å². The molecule has 1 aromatic carbocycles. The van der Waals surface area contributed by atoms with Gasteiger partial charge >= 0.3 is 5.97 Å². The number of carbonyl (C=O) groups excluding carboxylic acids is 1. The molecule has 0 aliphatic carbocycles. The molecule has 1 amide bonds. The Kier molecular flexibility index (Phi) is 3.41. The lowest BCUT2D eigenvalue weighted by atomic mass is 10.1. The Bertz CT molecular complexity index is 763. The van der Waals surface area contributed by atoms with Gasteiger partial charge in [0.25, 0.3) is 5.91 Å². The Morgan fingerprint density at radius 3 is 2.77 bits per heavy atom. The lowest BCUT2D eigenvalue weighted by Crippen LogP contribution is -2.49. The van der Waals surface area contributed by atoms with Gasteiger partial charge in [0.2, 0.25) is 0 Å². The molecule has 1 aromatic heterocycles. The first kappa shape index (κ1) is 14.6. The zero-order valence-corrected chi connectivity index (χ0v) is 13.0. The average Bonchev–Trinajstić information content (AvgIpc) is 2.91. The summed E-state index contributed by atoms with van der Waals surface area (Å²) in [7, 11) is 0. The van der Waals surface area contributed by atoms with E-state index in [2.05, 4.69) is 5.32 Å². The summed E-state index contributed by atoms with van der Waals surface area (Å²) in [4.78, 5) is 24.9. The minimum Gasteiger partial charge on any atom is -0.488 e. The standard InChI is InChI=1S/C16H15NO4S/c1-16(2,15(19)20)17-14(18)12-7-9-8-21-11-6-4-3-5-10(11)13(9)22-12/h3-7H,8H2,1-2H3,(H,17,18)(H,19,20). The monoisotopic (exact) mass is 317 g/mol. The molecule has 1 aliphatic heterocycles. The molecule has 22 heavy (non-hydrogen) atoms. The van der Waals surface area contributed by atoms with E-state index in [-0.39, 0.29) is 5.91 Å². The molecular weight excluding hydrogens is 302 g/mol. The first-order chi connectivity index (χ1) is 10.4. The Balaban J connectivity index is 1.92. The summed E-state index contributed by atoms with van der Waals surface area (Å²) >= 11 is 1.35. The van der Waals surface area contributed by atoms with E-state index < -0.39 is 11.5 Å². The molecule has 2 N–H and O–H groups in total. The molecule has 0 radical (unpaired) electrons. The van der Waals surface area contributed by atoms with Crippen molar-refractivity contribution in [1.29, 1.82) is 0 Å². The maximum absolute atomic E-state index is 12.3. The van der Waals surface area contributed by atoms with Gasteiger partial charge in [-0.2, -0.15) is 0 Å². The minimum absolute atomic E-state index is 0.385. The molecule has 0 unspecified atom stereocenters. The van der Waals surface area contributed by atoms with Gasteiger partial charge in [0.15, 0.2) is 0 Å². The third-order valence-corrected chi connectivity index (χ3v) is 4.72. The first-order valence-corrected chi connectivity index (χ1v) is 7.61. The third-order valence-electron chi connectivity index (χ3n) is 3.51. The largest absolute Gasteiger partial charge is 0.488 e. The molecule has 6 heteroatoms. The lowest BCUT2D eigenvalue weighted by molar-refractivity contribution is -0.143. The minimum atomic E-state index is -1.31. The summed E-state index contributed by atoms with van der Waals surface area (Å²) in [6, 6.07) is 9.44. The van der Waals surface area contributed by atoms with Crippen LogP contribution in [-0.4, -0.2) is 22.5 Å². The number of carbonyl (C=O) groups is 2. The van der Waals surface area contributed by atoms with Crippen molar-refractivity contribution in [3.05, 3.63) is 40.8 Å². The second-order valence-corrected chi connectivity index (χ2v) is 6.69. The third kappa shape index (κ3) is 2.46. The fraction of sp³-hybridized carbons (Fsp3) is 0.250. The number of amides is 1. The Morgan fingerprint density at radius 1 is 1.32 bits per heavy atom. The number of ether oxygens (including phenoxy) is 1. The van der Waals surface area contributed by atoms with Crippen LogP contribution in [0.15, 0.2) is 30.3 Å². The zero-order chi connectivity index (χ0) is 15.9. The van der Waals surface area contributed by atoms with Gasteiger partial charge in [0.1, 0.15) is 17.9 Å². The maximum Gasteiger partial charge on any atom is 0.328 e. The predicted molar refractivity (Wildman–Crippen MR) is 83.3 cm³/mol. The molecular formula is C16H15NO4S. The summed E-state index contributed by atoms with van der Waals surface area (Å²) < 4.78 is 5.66. The molecule has 1 aliphatic rings. The van der Waals surface area contributed by atoms with Gasteiger partial charge in [-0.15, -0.1) is 11.3 Å². The van der Waals surface area contributed by atoms with E-state index in [9.17, 15) is 9.59 Å². The molecule has 0 atom stereocenters. The van der Waals surface area contributed by atoms with Crippen LogP contribution in [0.4, 0.5) is 0 Å². The molecule has 114 valence electrons. The Morgan fingerprint density at radius 2 is 2.05 bits per heavy atom. The number of para-hydroxylation sites is 1. The Hall–Kier alpha value is -2.34. The maximum atomic E-state index is 12.3. The highest BCUT2D eigenvalue weighted by Crippen LogP contribution is 2.42. The van der Waals surface area contributed by atoms with Crippen LogP contribution in [0, 0.1) is 0 Å². The van der Waals surface area contributed by atoms with Crippen molar-refractivity contribution in [3.8, 4) is 16.2 Å². The smallest absolute Gasteiger partial charge is 0.328 e. The zero-order valence-electron chi connectivity index (χ0n) is 12.2. The van der Waals surface area contributed by atoms with Crippen molar-refractivity contribution in [2.24, 2.45) is 0 Å². The topological polar surface area (TPSA) is 75.6 Å². The van der Waals surface area contributed by atoms with Gasteiger partial charge < -0.3 is 15.2 Å². The van der Waals surface area contributed by atoms with Crippen LogP contribution in [0.3, 0.4) is 0 Å². The van der Waals surface area contributed by atoms with Crippen LogP contribution in [0.1, 0.15) is 29.1 Å². The summed E-state index contributed by atoms with van der Waals surface area (Å²) in [6.45, 7) is 3.33. The van der Waals surface area contributed by atoms with Crippen LogP contribution in [0.2, 0.25) is 0 Å². The van der Waals surface area contributed by atoms with E-state index in [0.717, 1.165) is 21.8 Å². The van der Waals surface area contributed by atoms with E-state index in [0.29, 0.717) is 11.5 Å². The molecule has 0 saturated carbocycles. The Labute approximate surface area is 131 Å². The number of hydrogen-bond donors (Lipinski definition) is 2. The average molecular weight is 317 g/mol. The molecule has 0 spiro atoms. The van der Waals surface area contributed by atoms with Gasteiger partial charge in [-0.25, -0.2) is 4.79 Å². The predicted octanol–water partition coefficient (Wildman–Crippen LogP) is 2.90. The second kappa shape index (κ2) is 5.14. The highest BCUT2D eigenvalue weighted by molar-refractivity contribution is 7.17. The van der Waals surface area contributed by atoms with Crippen LogP contribution in [-0.2, 0) is 11.4 Å². The van der Waals surface area contributed by atoms with Crippen molar-refractivity contribution >= 4 is 23.2 Å². The molecule has 5 nitrogen and oxygen atoms in total.